The second-order valence-electron chi connectivity index (χ2n) is 7.37. The maximum atomic E-state index is 12.7. The van der Waals surface area contributed by atoms with Gasteiger partial charge in [-0.2, -0.15) is 4.98 Å². The Morgan fingerprint density at radius 1 is 1.15 bits per heavy atom. The molecule has 2 fully saturated rings. The minimum absolute atomic E-state index is 0. The Morgan fingerprint density at radius 2 is 1.93 bits per heavy atom. The van der Waals surface area contributed by atoms with E-state index in [1.165, 1.54) is 0 Å². The third-order valence-corrected chi connectivity index (χ3v) is 5.66. The van der Waals surface area contributed by atoms with Gasteiger partial charge in [0.1, 0.15) is 0 Å². The predicted octanol–water partition coefficient (Wildman–Crippen LogP) is 3.50. The third-order valence-electron chi connectivity index (χ3n) is 5.66. The number of benzene rings is 2. The van der Waals surface area contributed by atoms with Gasteiger partial charge in [0.15, 0.2) is 5.82 Å². The molecule has 1 amide bonds. The Labute approximate surface area is 163 Å². The number of anilines is 1. The van der Waals surface area contributed by atoms with E-state index in [0.717, 1.165) is 35.7 Å². The maximum absolute atomic E-state index is 12.7. The van der Waals surface area contributed by atoms with Crippen LogP contribution in [0.15, 0.2) is 47.0 Å². The Balaban J connectivity index is 0.00000180. The molecule has 1 aromatic heterocycles. The molecule has 1 saturated heterocycles. The summed E-state index contributed by atoms with van der Waals surface area (Å²) < 4.78 is 5.47. The van der Waals surface area contributed by atoms with Gasteiger partial charge in [0.25, 0.3) is 0 Å². The van der Waals surface area contributed by atoms with Gasteiger partial charge in [0.05, 0.1) is 17.1 Å². The van der Waals surface area contributed by atoms with Crippen LogP contribution in [0.3, 0.4) is 0 Å². The standard InChI is InChI=1S/C20H20N4O2.ClH/c21-20(9-4-10-20)19-22-18(26-23-19)14-11-17(25)24(12-14)16-8-3-6-13-5-1-2-7-15(13)16;/h1-3,5-8,14H,4,9-12,21H2;1H. The number of carbonyl (C=O) groups is 1. The van der Waals surface area contributed by atoms with Crippen LogP contribution in [-0.2, 0) is 10.3 Å². The normalized spacial score (nSPS) is 21.1. The lowest BCUT2D eigenvalue weighted by Crippen LogP contribution is -2.44. The molecule has 0 bridgehead atoms. The molecule has 2 heterocycles. The van der Waals surface area contributed by atoms with Crippen molar-refractivity contribution >= 4 is 34.8 Å². The monoisotopic (exact) mass is 384 g/mol. The molecule has 0 spiro atoms. The first-order valence-electron chi connectivity index (χ1n) is 9.05. The summed E-state index contributed by atoms with van der Waals surface area (Å²) in [5.41, 5.74) is 6.77. The van der Waals surface area contributed by atoms with Gasteiger partial charge in [-0.1, -0.05) is 41.6 Å². The molecule has 7 heteroatoms. The lowest BCUT2D eigenvalue weighted by Gasteiger charge is -2.34. The van der Waals surface area contributed by atoms with Crippen LogP contribution in [0, 0.1) is 0 Å². The number of hydrogen-bond donors (Lipinski definition) is 1. The summed E-state index contributed by atoms with van der Waals surface area (Å²) in [6.07, 6.45) is 3.25. The van der Waals surface area contributed by atoms with Gasteiger partial charge in [-0.15, -0.1) is 12.4 Å². The van der Waals surface area contributed by atoms with Gasteiger partial charge in [-0.3, -0.25) is 4.79 Å². The van der Waals surface area contributed by atoms with Gasteiger partial charge >= 0.3 is 0 Å². The number of hydrogen-bond acceptors (Lipinski definition) is 5. The van der Waals surface area contributed by atoms with E-state index in [9.17, 15) is 4.79 Å². The summed E-state index contributed by atoms with van der Waals surface area (Å²) in [5, 5.41) is 6.28. The maximum Gasteiger partial charge on any atom is 0.232 e. The van der Waals surface area contributed by atoms with Crippen molar-refractivity contribution in [3.05, 3.63) is 54.2 Å². The largest absolute Gasteiger partial charge is 0.339 e. The summed E-state index contributed by atoms with van der Waals surface area (Å²) in [6.45, 7) is 0.548. The fraction of sp³-hybridized carbons (Fsp3) is 0.350. The summed E-state index contributed by atoms with van der Waals surface area (Å²) >= 11 is 0. The van der Waals surface area contributed by atoms with Crippen molar-refractivity contribution in [3.8, 4) is 0 Å². The van der Waals surface area contributed by atoms with E-state index in [0.29, 0.717) is 24.7 Å². The smallest absolute Gasteiger partial charge is 0.232 e. The molecule has 1 aliphatic carbocycles. The molecule has 2 N–H and O–H groups in total. The van der Waals surface area contributed by atoms with E-state index in [-0.39, 0.29) is 24.2 Å². The molecule has 6 nitrogen and oxygen atoms in total. The second kappa shape index (κ2) is 6.62. The lowest BCUT2D eigenvalue weighted by molar-refractivity contribution is -0.117. The summed E-state index contributed by atoms with van der Waals surface area (Å²) in [6, 6.07) is 14.1. The van der Waals surface area contributed by atoms with Crippen LogP contribution in [0.25, 0.3) is 10.8 Å². The zero-order valence-electron chi connectivity index (χ0n) is 14.8. The molecular weight excluding hydrogens is 364 g/mol. The van der Waals surface area contributed by atoms with E-state index in [1.54, 1.807) is 0 Å². The molecule has 0 radical (unpaired) electrons. The number of nitrogens with zero attached hydrogens (tertiary/aromatic N) is 3. The highest BCUT2D eigenvalue weighted by Crippen LogP contribution is 2.39. The average molecular weight is 385 g/mol. The van der Waals surface area contributed by atoms with Gasteiger partial charge in [0.2, 0.25) is 11.8 Å². The second-order valence-corrected chi connectivity index (χ2v) is 7.37. The van der Waals surface area contributed by atoms with Crippen LogP contribution in [0.5, 0.6) is 0 Å². The molecule has 1 saturated carbocycles. The van der Waals surface area contributed by atoms with Crippen molar-refractivity contribution in [3.63, 3.8) is 0 Å². The number of fused-ring (bicyclic) bond motifs is 1. The van der Waals surface area contributed by atoms with Gasteiger partial charge in [0, 0.05) is 18.4 Å². The van der Waals surface area contributed by atoms with Crippen LogP contribution < -0.4 is 10.6 Å². The molecule has 140 valence electrons. The summed E-state index contributed by atoms with van der Waals surface area (Å²) in [7, 11) is 0. The predicted molar refractivity (Wildman–Crippen MR) is 105 cm³/mol. The Kier molecular flexibility index (Phi) is 4.40. The van der Waals surface area contributed by atoms with Crippen molar-refractivity contribution < 1.29 is 9.32 Å². The Bertz CT molecular complexity index is 993. The van der Waals surface area contributed by atoms with E-state index >= 15 is 0 Å². The van der Waals surface area contributed by atoms with Crippen molar-refractivity contribution in [1.29, 1.82) is 0 Å². The molecule has 27 heavy (non-hydrogen) atoms. The van der Waals surface area contributed by atoms with Crippen LogP contribution in [0.1, 0.15) is 43.3 Å². The molecule has 2 aromatic carbocycles. The van der Waals surface area contributed by atoms with Gasteiger partial charge in [-0.25, -0.2) is 0 Å². The third kappa shape index (κ3) is 2.89. The van der Waals surface area contributed by atoms with Crippen LogP contribution in [0.4, 0.5) is 5.69 Å². The van der Waals surface area contributed by atoms with Crippen LogP contribution >= 0.6 is 12.4 Å². The van der Waals surface area contributed by atoms with Gasteiger partial charge in [-0.05, 0) is 30.7 Å². The molecule has 1 unspecified atom stereocenters. The number of nitrogens with two attached hydrogens (primary N) is 1. The topological polar surface area (TPSA) is 85.2 Å². The quantitative estimate of drug-likeness (QED) is 0.746. The van der Waals surface area contributed by atoms with E-state index in [4.69, 9.17) is 10.3 Å². The fourth-order valence-corrected chi connectivity index (χ4v) is 3.93. The lowest BCUT2D eigenvalue weighted by atomic mass is 9.77. The van der Waals surface area contributed by atoms with Crippen molar-refractivity contribution in [2.24, 2.45) is 5.73 Å². The molecule has 1 aliphatic heterocycles. The SMILES string of the molecule is Cl.NC1(c2noc(C3CC(=O)N(c4cccc5ccccc45)C3)n2)CCC1. The molecule has 5 rings (SSSR count). The van der Waals surface area contributed by atoms with Crippen molar-refractivity contribution in [2.45, 2.75) is 37.1 Å². The highest BCUT2D eigenvalue weighted by atomic mass is 35.5. The Hall–Kier alpha value is -2.44. The average Bonchev–Trinajstić information content (AvgIpc) is 3.26. The van der Waals surface area contributed by atoms with Crippen molar-refractivity contribution in [2.75, 3.05) is 11.4 Å². The Morgan fingerprint density at radius 3 is 2.70 bits per heavy atom. The number of aromatic nitrogens is 2. The van der Waals surface area contributed by atoms with E-state index in [2.05, 4.69) is 22.3 Å². The minimum atomic E-state index is -0.445. The molecule has 3 aromatic rings. The van der Waals surface area contributed by atoms with E-state index in [1.807, 2.05) is 35.2 Å². The molecule has 1 atom stereocenters. The zero-order valence-corrected chi connectivity index (χ0v) is 15.6. The molecule has 2 aliphatic rings. The first kappa shape index (κ1) is 17.9. The first-order chi connectivity index (χ1) is 12.6. The summed E-state index contributed by atoms with van der Waals surface area (Å²) in [5.74, 6) is 1.09. The van der Waals surface area contributed by atoms with E-state index < -0.39 is 5.54 Å². The fourth-order valence-electron chi connectivity index (χ4n) is 3.93. The van der Waals surface area contributed by atoms with Crippen molar-refractivity contribution in [1.82, 2.24) is 10.1 Å². The summed E-state index contributed by atoms with van der Waals surface area (Å²) in [4.78, 5) is 19.0. The number of halogens is 1. The van der Waals surface area contributed by atoms with Crippen LogP contribution in [0.2, 0.25) is 0 Å². The number of rotatable bonds is 3. The number of amides is 1. The van der Waals surface area contributed by atoms with Crippen LogP contribution in [-0.4, -0.2) is 22.6 Å². The minimum Gasteiger partial charge on any atom is -0.339 e. The first-order valence-corrected chi connectivity index (χ1v) is 9.05. The zero-order chi connectivity index (χ0) is 17.7. The van der Waals surface area contributed by atoms with Gasteiger partial charge < -0.3 is 15.2 Å². The highest BCUT2D eigenvalue weighted by molar-refractivity contribution is 6.05. The number of carbonyl (C=O) groups excluding carboxylic acids is 1. The highest BCUT2D eigenvalue weighted by Gasteiger charge is 2.41. The molecular formula is C20H21ClN4O2.